The van der Waals surface area contributed by atoms with Crippen LogP contribution in [0.1, 0.15) is 22.9 Å². The Morgan fingerprint density at radius 3 is 2.57 bits per heavy atom. The van der Waals surface area contributed by atoms with Crippen LogP contribution in [-0.2, 0) is 11.4 Å². The largest absolute Gasteiger partial charge is 0.494 e. The standard InChI is InChI=1S/C17H17BrO3/c1-2-20-14-8-9-15(16(18)11-19)17(10-14)21-12-13-6-4-3-5-7-13/h3-11,16H,2,12H2,1H3. The number of alkyl halides is 1. The average molecular weight is 349 g/mol. The topological polar surface area (TPSA) is 35.5 Å². The first-order valence-corrected chi connectivity index (χ1v) is 7.69. The minimum atomic E-state index is -0.390. The molecule has 0 saturated heterocycles. The first-order valence-electron chi connectivity index (χ1n) is 6.77. The highest BCUT2D eigenvalue weighted by Gasteiger charge is 2.14. The van der Waals surface area contributed by atoms with Crippen molar-refractivity contribution in [1.82, 2.24) is 0 Å². The van der Waals surface area contributed by atoms with Crippen LogP contribution >= 0.6 is 15.9 Å². The van der Waals surface area contributed by atoms with Gasteiger partial charge in [-0.1, -0.05) is 52.3 Å². The van der Waals surface area contributed by atoms with E-state index in [4.69, 9.17) is 9.47 Å². The summed E-state index contributed by atoms with van der Waals surface area (Å²) in [5, 5.41) is 0. The first-order chi connectivity index (χ1) is 10.2. The van der Waals surface area contributed by atoms with Gasteiger partial charge in [-0.2, -0.15) is 0 Å². The van der Waals surface area contributed by atoms with Crippen molar-refractivity contribution in [2.75, 3.05) is 6.61 Å². The Morgan fingerprint density at radius 1 is 1.14 bits per heavy atom. The second kappa shape index (κ2) is 7.84. The van der Waals surface area contributed by atoms with Crippen LogP contribution in [0.15, 0.2) is 48.5 Å². The van der Waals surface area contributed by atoms with Gasteiger partial charge in [0.25, 0.3) is 0 Å². The molecule has 0 N–H and O–H groups in total. The van der Waals surface area contributed by atoms with Gasteiger partial charge in [-0.25, -0.2) is 0 Å². The van der Waals surface area contributed by atoms with Crippen molar-refractivity contribution in [2.24, 2.45) is 0 Å². The van der Waals surface area contributed by atoms with Crippen molar-refractivity contribution in [3.8, 4) is 11.5 Å². The molecule has 4 heteroatoms. The van der Waals surface area contributed by atoms with Crippen molar-refractivity contribution in [1.29, 1.82) is 0 Å². The summed E-state index contributed by atoms with van der Waals surface area (Å²) in [7, 11) is 0. The SMILES string of the molecule is CCOc1ccc(C(Br)C=O)c(OCc2ccccc2)c1. The average Bonchev–Trinajstić information content (AvgIpc) is 2.53. The Kier molecular flexibility index (Phi) is 5.81. The van der Waals surface area contributed by atoms with E-state index >= 15 is 0 Å². The summed E-state index contributed by atoms with van der Waals surface area (Å²) in [4.78, 5) is 10.6. The summed E-state index contributed by atoms with van der Waals surface area (Å²) < 4.78 is 11.3. The van der Waals surface area contributed by atoms with Gasteiger partial charge in [0.2, 0.25) is 0 Å². The van der Waals surface area contributed by atoms with Gasteiger partial charge in [0, 0.05) is 11.6 Å². The number of hydrogen-bond donors (Lipinski definition) is 0. The van der Waals surface area contributed by atoms with Gasteiger partial charge >= 0.3 is 0 Å². The summed E-state index contributed by atoms with van der Waals surface area (Å²) in [5.74, 6) is 1.38. The van der Waals surface area contributed by atoms with Crippen molar-refractivity contribution in [3.05, 3.63) is 59.7 Å². The molecule has 0 aliphatic heterocycles. The molecule has 0 spiro atoms. The monoisotopic (exact) mass is 348 g/mol. The molecule has 0 aromatic heterocycles. The highest BCUT2D eigenvalue weighted by Crippen LogP contribution is 2.33. The van der Waals surface area contributed by atoms with E-state index in [0.29, 0.717) is 19.0 Å². The lowest BCUT2D eigenvalue weighted by Gasteiger charge is -2.14. The zero-order chi connectivity index (χ0) is 15.1. The summed E-state index contributed by atoms with van der Waals surface area (Å²) in [6, 6.07) is 15.4. The molecule has 3 nitrogen and oxygen atoms in total. The number of ether oxygens (including phenoxy) is 2. The maximum atomic E-state index is 11.0. The van der Waals surface area contributed by atoms with Crippen LogP contribution < -0.4 is 9.47 Å². The van der Waals surface area contributed by atoms with Crippen LogP contribution in [0.4, 0.5) is 0 Å². The Morgan fingerprint density at radius 2 is 1.90 bits per heavy atom. The van der Waals surface area contributed by atoms with E-state index in [0.717, 1.165) is 23.2 Å². The molecule has 2 rings (SSSR count). The van der Waals surface area contributed by atoms with Crippen molar-refractivity contribution in [3.63, 3.8) is 0 Å². The molecular formula is C17H17BrO3. The lowest BCUT2D eigenvalue weighted by molar-refractivity contribution is -0.107. The fourth-order valence-electron chi connectivity index (χ4n) is 1.93. The van der Waals surface area contributed by atoms with E-state index in [1.54, 1.807) is 0 Å². The first kappa shape index (κ1) is 15.6. The van der Waals surface area contributed by atoms with Crippen LogP contribution in [0, 0.1) is 0 Å². The molecular weight excluding hydrogens is 332 g/mol. The summed E-state index contributed by atoms with van der Waals surface area (Å²) >= 11 is 3.34. The third kappa shape index (κ3) is 4.33. The maximum absolute atomic E-state index is 11.0. The second-order valence-electron chi connectivity index (χ2n) is 4.44. The molecule has 0 aliphatic carbocycles. The van der Waals surface area contributed by atoms with Gasteiger partial charge in [0.15, 0.2) is 0 Å². The number of carbonyl (C=O) groups is 1. The number of hydrogen-bond acceptors (Lipinski definition) is 3. The predicted molar refractivity (Wildman–Crippen MR) is 86.1 cm³/mol. The van der Waals surface area contributed by atoms with Gasteiger partial charge in [-0.15, -0.1) is 0 Å². The quantitative estimate of drug-likeness (QED) is 0.552. The van der Waals surface area contributed by atoms with Crippen LogP contribution in [0.3, 0.4) is 0 Å². The molecule has 0 fully saturated rings. The zero-order valence-corrected chi connectivity index (χ0v) is 13.4. The minimum absolute atomic E-state index is 0.390. The van der Waals surface area contributed by atoms with E-state index in [1.807, 2.05) is 55.5 Å². The Hall–Kier alpha value is -1.81. The van der Waals surface area contributed by atoms with Gasteiger partial charge < -0.3 is 14.3 Å². The molecule has 0 saturated carbocycles. The van der Waals surface area contributed by atoms with E-state index in [9.17, 15) is 4.79 Å². The summed E-state index contributed by atoms with van der Waals surface area (Å²) in [5.41, 5.74) is 1.87. The molecule has 0 heterocycles. The fourth-order valence-corrected chi connectivity index (χ4v) is 2.31. The zero-order valence-electron chi connectivity index (χ0n) is 11.8. The van der Waals surface area contributed by atoms with Gasteiger partial charge in [-0.3, -0.25) is 0 Å². The number of carbonyl (C=O) groups excluding carboxylic acids is 1. The van der Waals surface area contributed by atoms with Crippen molar-refractivity contribution < 1.29 is 14.3 Å². The van der Waals surface area contributed by atoms with E-state index in [-0.39, 0.29) is 4.83 Å². The molecule has 0 bridgehead atoms. The van der Waals surface area contributed by atoms with E-state index in [2.05, 4.69) is 15.9 Å². The van der Waals surface area contributed by atoms with Gasteiger partial charge in [-0.05, 0) is 18.6 Å². The normalized spacial score (nSPS) is 11.7. The molecule has 0 radical (unpaired) electrons. The smallest absolute Gasteiger partial charge is 0.138 e. The molecule has 0 aliphatic rings. The molecule has 0 amide bonds. The van der Waals surface area contributed by atoms with Crippen LogP contribution in [0.2, 0.25) is 0 Å². The lowest BCUT2D eigenvalue weighted by atomic mass is 10.1. The van der Waals surface area contributed by atoms with Crippen molar-refractivity contribution >= 4 is 22.2 Å². The Balaban J connectivity index is 2.21. The van der Waals surface area contributed by atoms with Crippen LogP contribution in [0.25, 0.3) is 0 Å². The second-order valence-corrected chi connectivity index (χ2v) is 5.43. The Labute approximate surface area is 133 Å². The van der Waals surface area contributed by atoms with Gasteiger partial charge in [0.1, 0.15) is 24.4 Å². The molecule has 1 unspecified atom stereocenters. The molecule has 110 valence electrons. The number of rotatable bonds is 7. The van der Waals surface area contributed by atoms with Crippen molar-refractivity contribution in [2.45, 2.75) is 18.4 Å². The number of aldehydes is 1. The molecule has 1 atom stereocenters. The fraction of sp³-hybridized carbons (Fsp3) is 0.235. The summed E-state index contributed by atoms with van der Waals surface area (Å²) in [6.45, 7) is 2.96. The molecule has 2 aromatic rings. The number of benzene rings is 2. The lowest BCUT2D eigenvalue weighted by Crippen LogP contribution is -2.02. The minimum Gasteiger partial charge on any atom is -0.494 e. The predicted octanol–water partition coefficient (Wildman–Crippen LogP) is 4.30. The molecule has 2 aromatic carbocycles. The Bertz CT molecular complexity index is 584. The molecule has 21 heavy (non-hydrogen) atoms. The van der Waals surface area contributed by atoms with Gasteiger partial charge in [0.05, 0.1) is 11.4 Å². The van der Waals surface area contributed by atoms with E-state index in [1.165, 1.54) is 0 Å². The number of halogens is 1. The highest BCUT2D eigenvalue weighted by atomic mass is 79.9. The maximum Gasteiger partial charge on any atom is 0.138 e. The van der Waals surface area contributed by atoms with Crippen LogP contribution in [0.5, 0.6) is 11.5 Å². The summed E-state index contributed by atoms with van der Waals surface area (Å²) in [6.07, 6.45) is 0.838. The highest BCUT2D eigenvalue weighted by molar-refractivity contribution is 9.09. The third-order valence-corrected chi connectivity index (χ3v) is 3.66. The third-order valence-electron chi connectivity index (χ3n) is 2.95. The van der Waals surface area contributed by atoms with Crippen LogP contribution in [-0.4, -0.2) is 12.9 Å². The van der Waals surface area contributed by atoms with E-state index < -0.39 is 0 Å².